The lowest BCUT2D eigenvalue weighted by Gasteiger charge is -2.27. The van der Waals surface area contributed by atoms with Crippen LogP contribution in [-0.4, -0.2) is 21.9 Å². The summed E-state index contributed by atoms with van der Waals surface area (Å²) in [5.74, 6) is 0. The van der Waals surface area contributed by atoms with Crippen LogP contribution in [0.1, 0.15) is 22.7 Å². The first-order valence-corrected chi connectivity index (χ1v) is 6.53. The molecule has 0 amide bonds. The third-order valence-electron chi connectivity index (χ3n) is 3.73. The summed E-state index contributed by atoms with van der Waals surface area (Å²) >= 11 is 0. The predicted octanol–water partition coefficient (Wildman–Crippen LogP) is 1.84. The number of alkyl halides is 3. The smallest absolute Gasteiger partial charge is 0.394 e. The van der Waals surface area contributed by atoms with Crippen LogP contribution in [0.3, 0.4) is 0 Å². The molecule has 5 nitrogen and oxygen atoms in total. The van der Waals surface area contributed by atoms with Crippen LogP contribution >= 0.6 is 0 Å². The number of H-pyrrole nitrogens is 1. The Morgan fingerprint density at radius 3 is 2.77 bits per heavy atom. The van der Waals surface area contributed by atoms with E-state index in [9.17, 15) is 23.1 Å². The highest BCUT2D eigenvalue weighted by molar-refractivity contribution is 5.58. The van der Waals surface area contributed by atoms with Gasteiger partial charge in [0.2, 0.25) is 0 Å². The van der Waals surface area contributed by atoms with Crippen molar-refractivity contribution in [2.75, 3.05) is 11.5 Å². The average molecular weight is 311 g/mol. The first-order valence-electron chi connectivity index (χ1n) is 6.53. The van der Waals surface area contributed by atoms with Gasteiger partial charge < -0.3 is 10.0 Å². The van der Waals surface area contributed by atoms with Gasteiger partial charge in [-0.15, -0.1) is 0 Å². The number of nitrogens with zero attached hydrogens (tertiary/aromatic N) is 2. The number of aliphatic hydroxyl groups excluding tert-OH is 1. The molecule has 0 fully saturated rings. The first kappa shape index (κ1) is 14.6. The minimum Gasteiger partial charge on any atom is -0.394 e. The lowest BCUT2D eigenvalue weighted by Crippen LogP contribution is -2.31. The minimum absolute atomic E-state index is 0.176. The van der Waals surface area contributed by atoms with E-state index in [2.05, 4.69) is 5.10 Å². The molecule has 22 heavy (non-hydrogen) atoms. The van der Waals surface area contributed by atoms with Gasteiger partial charge in [-0.05, 0) is 11.1 Å². The summed E-state index contributed by atoms with van der Waals surface area (Å²) in [5, 5.41) is 14.9. The normalized spacial score (nSPS) is 17.6. The number of rotatable bonds is 2. The van der Waals surface area contributed by atoms with E-state index in [0.29, 0.717) is 0 Å². The predicted molar refractivity (Wildman–Crippen MR) is 72.3 cm³/mol. The second kappa shape index (κ2) is 5.13. The number of nitrogens with one attached hydrogen (secondary N) is 1. The third-order valence-corrected chi connectivity index (χ3v) is 3.73. The Balaban J connectivity index is 2.14. The van der Waals surface area contributed by atoms with Gasteiger partial charge in [-0.3, -0.25) is 4.79 Å². The summed E-state index contributed by atoms with van der Waals surface area (Å²) in [4.78, 5) is 12.9. The van der Waals surface area contributed by atoms with Crippen molar-refractivity contribution in [3.05, 3.63) is 57.5 Å². The molecule has 2 heterocycles. The molecule has 2 N–H and O–H groups in total. The molecule has 0 unspecified atom stereocenters. The van der Waals surface area contributed by atoms with Crippen molar-refractivity contribution in [3.63, 3.8) is 0 Å². The molecule has 1 aromatic heterocycles. The average Bonchev–Trinajstić information content (AvgIpc) is 2.84. The number of anilines is 1. The zero-order chi connectivity index (χ0) is 15.9. The van der Waals surface area contributed by atoms with E-state index < -0.39 is 23.3 Å². The Kier molecular flexibility index (Phi) is 3.40. The number of aliphatic hydroxyl groups is 1. The lowest BCUT2D eigenvalue weighted by atomic mass is 10.1. The van der Waals surface area contributed by atoms with Crippen LogP contribution in [0.25, 0.3) is 0 Å². The molecule has 1 atom stereocenters. The van der Waals surface area contributed by atoms with Gasteiger partial charge in [-0.25, -0.2) is 5.10 Å². The minimum atomic E-state index is -4.80. The second-order valence-electron chi connectivity index (χ2n) is 4.98. The Bertz CT molecular complexity index is 757. The van der Waals surface area contributed by atoms with Gasteiger partial charge in [0, 0.05) is 6.54 Å². The Morgan fingerprint density at radius 2 is 2.09 bits per heavy atom. The van der Waals surface area contributed by atoms with Crippen molar-refractivity contribution in [1.82, 2.24) is 10.2 Å². The lowest BCUT2D eigenvalue weighted by molar-refractivity contribution is -0.138. The SMILES string of the molecule is O=c1[nH]ncc(N2Cc3ccccc3[C@H]2CO)c1C(F)(F)F. The van der Waals surface area contributed by atoms with Gasteiger partial charge >= 0.3 is 6.18 Å². The number of fused-ring (bicyclic) bond motifs is 1. The van der Waals surface area contributed by atoms with Gasteiger partial charge in [0.05, 0.1) is 24.5 Å². The van der Waals surface area contributed by atoms with Gasteiger partial charge in [0.15, 0.2) is 0 Å². The van der Waals surface area contributed by atoms with E-state index in [1.807, 2.05) is 5.10 Å². The summed E-state index contributed by atoms with van der Waals surface area (Å²) < 4.78 is 39.6. The van der Waals surface area contributed by atoms with E-state index in [1.54, 1.807) is 24.3 Å². The summed E-state index contributed by atoms with van der Waals surface area (Å²) in [7, 11) is 0. The van der Waals surface area contributed by atoms with Gasteiger partial charge in [0.25, 0.3) is 5.56 Å². The topological polar surface area (TPSA) is 69.2 Å². The van der Waals surface area contributed by atoms with Crippen molar-refractivity contribution in [2.45, 2.75) is 18.8 Å². The molecule has 0 aliphatic carbocycles. The number of hydrogen-bond acceptors (Lipinski definition) is 4. The second-order valence-corrected chi connectivity index (χ2v) is 4.98. The number of halogens is 3. The van der Waals surface area contributed by atoms with Crippen LogP contribution in [0.5, 0.6) is 0 Å². The molecule has 1 aromatic carbocycles. The van der Waals surface area contributed by atoms with E-state index in [4.69, 9.17) is 0 Å². The molecular formula is C14H12F3N3O2. The molecule has 3 rings (SSSR count). The molecular weight excluding hydrogens is 299 g/mol. The molecule has 2 aromatic rings. The van der Waals surface area contributed by atoms with Crippen LogP contribution in [0.15, 0.2) is 35.3 Å². The molecule has 0 spiro atoms. The first-order chi connectivity index (χ1) is 10.4. The van der Waals surface area contributed by atoms with Crippen LogP contribution < -0.4 is 10.5 Å². The molecule has 8 heteroatoms. The standard InChI is InChI=1S/C14H12F3N3O2/c15-14(16,17)12-10(5-18-19-13(12)22)20-6-8-3-1-2-4-9(8)11(20)7-21/h1-5,11,21H,6-7H2,(H,19,22)/t11-/m1/s1. The van der Waals surface area contributed by atoms with Crippen molar-refractivity contribution >= 4 is 5.69 Å². The van der Waals surface area contributed by atoms with E-state index in [1.165, 1.54) is 4.90 Å². The van der Waals surface area contributed by atoms with Crippen molar-refractivity contribution in [2.24, 2.45) is 0 Å². The zero-order valence-electron chi connectivity index (χ0n) is 11.3. The van der Waals surface area contributed by atoms with Crippen LogP contribution in [0.2, 0.25) is 0 Å². The molecule has 0 bridgehead atoms. The zero-order valence-corrected chi connectivity index (χ0v) is 11.3. The largest absolute Gasteiger partial charge is 0.423 e. The van der Waals surface area contributed by atoms with Crippen molar-refractivity contribution in [1.29, 1.82) is 0 Å². The maximum absolute atomic E-state index is 13.2. The summed E-state index contributed by atoms with van der Waals surface area (Å²) in [6.07, 6.45) is -3.83. The Hall–Kier alpha value is -2.35. The summed E-state index contributed by atoms with van der Waals surface area (Å²) in [5.41, 5.74) is -1.36. The van der Waals surface area contributed by atoms with Gasteiger partial charge in [-0.1, -0.05) is 24.3 Å². The number of aromatic nitrogens is 2. The molecule has 0 saturated heterocycles. The Morgan fingerprint density at radius 1 is 1.36 bits per heavy atom. The van der Waals surface area contributed by atoms with Crippen LogP contribution in [0.4, 0.5) is 18.9 Å². The van der Waals surface area contributed by atoms with Crippen molar-refractivity contribution in [3.8, 4) is 0 Å². The maximum atomic E-state index is 13.2. The fourth-order valence-electron chi connectivity index (χ4n) is 2.80. The molecule has 1 aliphatic heterocycles. The molecule has 0 radical (unpaired) electrons. The van der Waals surface area contributed by atoms with E-state index in [-0.39, 0.29) is 18.8 Å². The molecule has 116 valence electrons. The number of hydrogen-bond donors (Lipinski definition) is 2. The Labute approximate surface area is 123 Å². The maximum Gasteiger partial charge on any atom is 0.423 e. The molecule has 0 saturated carbocycles. The highest BCUT2D eigenvalue weighted by atomic mass is 19.4. The van der Waals surface area contributed by atoms with E-state index in [0.717, 1.165) is 17.3 Å². The highest BCUT2D eigenvalue weighted by Gasteiger charge is 2.41. The van der Waals surface area contributed by atoms with E-state index >= 15 is 0 Å². The quantitative estimate of drug-likeness (QED) is 0.888. The highest BCUT2D eigenvalue weighted by Crippen LogP contribution is 2.41. The van der Waals surface area contributed by atoms with Crippen molar-refractivity contribution < 1.29 is 18.3 Å². The van der Waals surface area contributed by atoms with Crippen LogP contribution in [0, 0.1) is 0 Å². The number of aromatic amines is 1. The summed E-state index contributed by atoms with van der Waals surface area (Å²) in [6, 6.07) is 6.43. The van der Waals surface area contributed by atoms with Gasteiger partial charge in [0.1, 0.15) is 5.56 Å². The van der Waals surface area contributed by atoms with Gasteiger partial charge in [-0.2, -0.15) is 18.3 Å². The monoisotopic (exact) mass is 311 g/mol. The molecule has 1 aliphatic rings. The fourth-order valence-corrected chi connectivity index (χ4v) is 2.80. The third kappa shape index (κ3) is 2.25. The number of benzene rings is 1. The van der Waals surface area contributed by atoms with Crippen LogP contribution in [-0.2, 0) is 12.7 Å². The fraction of sp³-hybridized carbons (Fsp3) is 0.286. The summed E-state index contributed by atoms with van der Waals surface area (Å²) in [6.45, 7) is -0.184.